The minimum atomic E-state index is -2.99. The molecule has 4 N–H and O–H groups in total. The summed E-state index contributed by atoms with van der Waals surface area (Å²) in [4.78, 5) is 23.9. The number of alkyl halides is 2. The number of halogens is 2. The van der Waals surface area contributed by atoms with Gasteiger partial charge < -0.3 is 25.8 Å². The van der Waals surface area contributed by atoms with Crippen LogP contribution in [0.2, 0.25) is 0 Å². The fourth-order valence-corrected chi connectivity index (χ4v) is 3.30. The Kier molecular flexibility index (Phi) is 8.53. The lowest BCUT2D eigenvalue weighted by Gasteiger charge is -2.13. The number of thioether (sulfide) groups is 1. The van der Waals surface area contributed by atoms with Crippen molar-refractivity contribution in [2.75, 3.05) is 18.2 Å². The van der Waals surface area contributed by atoms with Gasteiger partial charge in [-0.2, -0.15) is 8.78 Å². The Morgan fingerprint density at radius 3 is 2.62 bits per heavy atom. The van der Waals surface area contributed by atoms with Gasteiger partial charge in [0.2, 0.25) is 5.91 Å². The first-order valence-corrected chi connectivity index (χ1v) is 9.54. The molecular formula is C19H21F2N3O4S. The lowest BCUT2D eigenvalue weighted by atomic mass is 10.2. The van der Waals surface area contributed by atoms with Crippen molar-refractivity contribution in [1.82, 2.24) is 5.32 Å². The van der Waals surface area contributed by atoms with Crippen molar-refractivity contribution in [1.29, 1.82) is 0 Å². The van der Waals surface area contributed by atoms with Crippen LogP contribution in [0.15, 0.2) is 47.4 Å². The molecule has 0 aliphatic rings. The number of nitrogens with one attached hydrogen (secondary N) is 2. The third-order valence-electron chi connectivity index (χ3n) is 3.64. The number of ether oxygens (including phenoxy) is 2. The van der Waals surface area contributed by atoms with Crippen molar-refractivity contribution in [2.24, 2.45) is 5.73 Å². The van der Waals surface area contributed by atoms with Crippen molar-refractivity contribution >= 4 is 29.4 Å². The normalized spacial score (nSPS) is 10.5. The molecule has 0 heterocycles. The minimum Gasteiger partial charge on any atom is -0.493 e. The molecule has 2 aromatic carbocycles. The van der Waals surface area contributed by atoms with E-state index in [0.29, 0.717) is 17.0 Å². The lowest BCUT2D eigenvalue weighted by molar-refractivity contribution is -0.117. The maximum atomic E-state index is 12.5. The fraction of sp³-hybridized carbons (Fsp3) is 0.263. The molecule has 2 aromatic rings. The number of carbonyl (C=O) groups excluding carboxylic acids is 2. The first kappa shape index (κ1) is 22.3. The summed E-state index contributed by atoms with van der Waals surface area (Å²) in [6.07, 6.45) is 0.228. The van der Waals surface area contributed by atoms with Crippen LogP contribution in [0, 0.1) is 0 Å². The van der Waals surface area contributed by atoms with Gasteiger partial charge in [-0.15, -0.1) is 11.8 Å². The standard InChI is InChI=1S/C19H21F2N3O4S/c1-27-14-7-6-12(10-15(14)28-18(20)21)11-23-19(26)24-13-4-2-3-5-16(13)29-9-8-17(22)25/h2-7,10,18H,8-9,11H2,1H3,(H2,22,25)(H2,23,24,26). The van der Waals surface area contributed by atoms with E-state index in [-0.39, 0.29) is 24.5 Å². The Balaban J connectivity index is 1.96. The summed E-state index contributed by atoms with van der Waals surface area (Å²) in [5.74, 6) is 0.156. The van der Waals surface area contributed by atoms with Gasteiger partial charge in [-0.25, -0.2) is 4.79 Å². The van der Waals surface area contributed by atoms with E-state index >= 15 is 0 Å². The molecule has 0 fully saturated rings. The van der Waals surface area contributed by atoms with Crippen molar-refractivity contribution in [3.05, 3.63) is 48.0 Å². The van der Waals surface area contributed by atoms with Gasteiger partial charge in [-0.3, -0.25) is 4.79 Å². The molecule has 0 saturated carbocycles. The lowest BCUT2D eigenvalue weighted by Crippen LogP contribution is -2.28. The molecule has 0 aliphatic carbocycles. The molecule has 7 nitrogen and oxygen atoms in total. The maximum absolute atomic E-state index is 12.5. The molecule has 156 valence electrons. The molecule has 29 heavy (non-hydrogen) atoms. The van der Waals surface area contributed by atoms with E-state index < -0.39 is 18.5 Å². The Morgan fingerprint density at radius 1 is 1.17 bits per heavy atom. The van der Waals surface area contributed by atoms with Gasteiger partial charge in [0, 0.05) is 23.6 Å². The summed E-state index contributed by atoms with van der Waals surface area (Å²) in [6.45, 7) is -2.90. The van der Waals surface area contributed by atoms with Crippen LogP contribution in [-0.4, -0.2) is 31.4 Å². The monoisotopic (exact) mass is 425 g/mol. The topological polar surface area (TPSA) is 103 Å². The average Bonchev–Trinajstić information content (AvgIpc) is 2.67. The Morgan fingerprint density at radius 2 is 1.93 bits per heavy atom. The van der Waals surface area contributed by atoms with Crippen LogP contribution >= 0.6 is 11.8 Å². The number of hydrogen-bond donors (Lipinski definition) is 3. The average molecular weight is 425 g/mol. The Labute approximate surface area is 170 Å². The molecule has 3 amide bonds. The van der Waals surface area contributed by atoms with Gasteiger partial charge in [0.25, 0.3) is 0 Å². The van der Waals surface area contributed by atoms with Crippen molar-refractivity contribution in [3.63, 3.8) is 0 Å². The van der Waals surface area contributed by atoms with Crippen LogP contribution in [0.1, 0.15) is 12.0 Å². The number of primary amides is 1. The number of para-hydroxylation sites is 1. The molecule has 0 radical (unpaired) electrons. The molecular weight excluding hydrogens is 404 g/mol. The number of benzene rings is 2. The van der Waals surface area contributed by atoms with E-state index in [9.17, 15) is 18.4 Å². The van der Waals surface area contributed by atoms with Crippen molar-refractivity contribution < 1.29 is 27.8 Å². The van der Waals surface area contributed by atoms with Gasteiger partial charge in [-0.1, -0.05) is 18.2 Å². The van der Waals surface area contributed by atoms with E-state index in [0.717, 1.165) is 4.90 Å². The van der Waals surface area contributed by atoms with Gasteiger partial charge in [0.05, 0.1) is 12.8 Å². The van der Waals surface area contributed by atoms with Crippen LogP contribution in [0.25, 0.3) is 0 Å². The van der Waals surface area contributed by atoms with E-state index in [1.165, 1.54) is 31.0 Å². The first-order chi connectivity index (χ1) is 13.9. The fourth-order valence-electron chi connectivity index (χ4n) is 2.33. The highest BCUT2D eigenvalue weighted by molar-refractivity contribution is 7.99. The molecule has 0 aliphatic heterocycles. The first-order valence-electron chi connectivity index (χ1n) is 8.55. The molecule has 0 unspecified atom stereocenters. The predicted molar refractivity (Wildman–Crippen MR) is 106 cm³/mol. The molecule has 0 atom stereocenters. The summed E-state index contributed by atoms with van der Waals surface area (Å²) in [6, 6.07) is 11.1. The van der Waals surface area contributed by atoms with E-state index in [1.807, 2.05) is 12.1 Å². The Hall–Kier alpha value is -3.01. The number of anilines is 1. The van der Waals surface area contributed by atoms with Crippen LogP contribution in [0.3, 0.4) is 0 Å². The van der Waals surface area contributed by atoms with E-state index in [1.54, 1.807) is 18.2 Å². The number of urea groups is 1. The number of amides is 3. The molecule has 0 saturated heterocycles. The van der Waals surface area contributed by atoms with Crippen molar-refractivity contribution in [2.45, 2.75) is 24.5 Å². The molecule has 0 aromatic heterocycles. The number of methoxy groups -OCH3 is 1. The maximum Gasteiger partial charge on any atom is 0.387 e. The SMILES string of the molecule is COc1ccc(CNC(=O)Nc2ccccc2SCCC(N)=O)cc1OC(F)F. The van der Waals surface area contributed by atoms with Gasteiger partial charge >= 0.3 is 12.6 Å². The zero-order valence-electron chi connectivity index (χ0n) is 15.6. The number of nitrogens with two attached hydrogens (primary N) is 1. The van der Waals surface area contributed by atoms with E-state index in [2.05, 4.69) is 15.4 Å². The van der Waals surface area contributed by atoms with E-state index in [4.69, 9.17) is 10.5 Å². The second kappa shape index (κ2) is 11.1. The third-order valence-corrected chi connectivity index (χ3v) is 4.71. The second-order valence-electron chi connectivity index (χ2n) is 5.73. The predicted octanol–water partition coefficient (Wildman–Crippen LogP) is 3.59. The highest BCUT2D eigenvalue weighted by Gasteiger charge is 2.12. The molecule has 0 spiro atoms. The number of hydrogen-bond acceptors (Lipinski definition) is 5. The summed E-state index contributed by atoms with van der Waals surface area (Å²) in [5, 5.41) is 5.37. The zero-order chi connectivity index (χ0) is 21.2. The summed E-state index contributed by atoms with van der Waals surface area (Å²) >= 11 is 1.40. The van der Waals surface area contributed by atoms with Crippen LogP contribution in [0.5, 0.6) is 11.5 Å². The summed E-state index contributed by atoms with van der Waals surface area (Å²) < 4.78 is 34.4. The molecule has 10 heteroatoms. The highest BCUT2D eigenvalue weighted by atomic mass is 32.2. The zero-order valence-corrected chi connectivity index (χ0v) is 16.4. The highest BCUT2D eigenvalue weighted by Crippen LogP contribution is 2.30. The van der Waals surface area contributed by atoms with Crippen LogP contribution < -0.4 is 25.8 Å². The molecule has 0 bridgehead atoms. The summed E-state index contributed by atoms with van der Waals surface area (Å²) in [5.41, 5.74) is 6.27. The van der Waals surface area contributed by atoms with Crippen molar-refractivity contribution in [3.8, 4) is 11.5 Å². The Bertz CT molecular complexity index is 852. The second-order valence-corrected chi connectivity index (χ2v) is 6.87. The van der Waals surface area contributed by atoms with Crippen LogP contribution in [0.4, 0.5) is 19.3 Å². The largest absolute Gasteiger partial charge is 0.493 e. The van der Waals surface area contributed by atoms with Gasteiger partial charge in [0.15, 0.2) is 11.5 Å². The summed E-state index contributed by atoms with van der Waals surface area (Å²) in [7, 11) is 1.35. The number of carbonyl (C=O) groups is 2. The minimum absolute atomic E-state index is 0.0897. The van der Waals surface area contributed by atoms with Crippen LogP contribution in [-0.2, 0) is 11.3 Å². The van der Waals surface area contributed by atoms with Gasteiger partial charge in [-0.05, 0) is 29.8 Å². The smallest absolute Gasteiger partial charge is 0.387 e. The number of rotatable bonds is 10. The quantitative estimate of drug-likeness (QED) is 0.505. The third kappa shape index (κ3) is 7.49. The molecule has 2 rings (SSSR count). The van der Waals surface area contributed by atoms with Gasteiger partial charge in [0.1, 0.15) is 0 Å².